The van der Waals surface area contributed by atoms with Crippen LogP contribution < -0.4 is 5.32 Å². The van der Waals surface area contributed by atoms with Gasteiger partial charge >= 0.3 is 0 Å². The lowest BCUT2D eigenvalue weighted by Crippen LogP contribution is -2.55. The number of hydrogen-bond donors (Lipinski definition) is 1. The van der Waals surface area contributed by atoms with E-state index in [-0.39, 0.29) is 11.3 Å². The largest absolute Gasteiger partial charge is 0.332 e. The molecule has 1 aromatic carbocycles. The van der Waals surface area contributed by atoms with E-state index < -0.39 is 20.8 Å². The van der Waals surface area contributed by atoms with Gasteiger partial charge in [0.2, 0.25) is 3.79 Å². The highest BCUT2D eigenvalue weighted by atomic mass is 35.6. The predicted octanol–water partition coefficient (Wildman–Crippen LogP) is 3.36. The van der Waals surface area contributed by atoms with Gasteiger partial charge in [-0.25, -0.2) is 0 Å². The van der Waals surface area contributed by atoms with E-state index in [0.29, 0.717) is 13.1 Å². The van der Waals surface area contributed by atoms with E-state index in [4.69, 9.17) is 34.8 Å². The van der Waals surface area contributed by atoms with Crippen LogP contribution in [0.25, 0.3) is 0 Å². The molecule has 1 atom stereocenters. The van der Waals surface area contributed by atoms with Crippen molar-refractivity contribution in [2.75, 3.05) is 13.1 Å². The number of rotatable bonds is 6. The Hall–Kier alpha value is -1.08. The molecule has 1 aromatic rings. The molecule has 0 aliphatic carbocycles. The summed E-state index contributed by atoms with van der Waals surface area (Å²) in [5.41, 5.74) is 0.148. The first-order chi connectivity index (χ1) is 10.2. The highest BCUT2D eigenvalue weighted by Gasteiger charge is 2.37. The lowest BCUT2D eigenvalue weighted by molar-refractivity contribution is -0.384. The summed E-state index contributed by atoms with van der Waals surface area (Å²) in [5.74, 6) is -0.474. The molecule has 0 radical (unpaired) electrons. The number of carbonyl (C=O) groups excluding carboxylic acids is 1. The second kappa shape index (κ2) is 7.97. The monoisotopic (exact) mass is 367 g/mol. The third kappa shape index (κ3) is 4.98. The van der Waals surface area contributed by atoms with Gasteiger partial charge in [-0.2, -0.15) is 0 Å². The number of amides is 1. The molecule has 1 amide bonds. The second-order valence-electron chi connectivity index (χ2n) is 4.44. The molecule has 122 valence electrons. The third-order valence-corrected chi connectivity index (χ3v) is 3.72. The second-order valence-corrected chi connectivity index (χ2v) is 6.81. The number of benzene rings is 1. The minimum absolute atomic E-state index is 0.0989. The fourth-order valence-corrected chi connectivity index (χ4v) is 2.49. The molecule has 1 rings (SSSR count). The molecule has 0 unspecified atom stereocenters. The summed E-state index contributed by atoms with van der Waals surface area (Å²) < 4.78 is -1.71. The van der Waals surface area contributed by atoms with Gasteiger partial charge in [-0.05, 0) is 25.2 Å². The minimum Gasteiger partial charge on any atom is -0.332 e. The van der Waals surface area contributed by atoms with Crippen LogP contribution in [0.3, 0.4) is 0 Å². The van der Waals surface area contributed by atoms with Crippen LogP contribution in [0.2, 0.25) is 0 Å². The maximum Gasteiger partial charge on any atom is 0.269 e. The zero-order valence-electron chi connectivity index (χ0n) is 12.1. The van der Waals surface area contributed by atoms with Gasteiger partial charge in [-0.1, -0.05) is 48.7 Å². The molecular weight excluding hydrogens is 353 g/mol. The van der Waals surface area contributed by atoms with Gasteiger partial charge in [0, 0.05) is 17.7 Å². The number of non-ortho nitro benzene ring substituents is 1. The van der Waals surface area contributed by atoms with Gasteiger partial charge in [0.25, 0.3) is 11.6 Å². The van der Waals surface area contributed by atoms with Gasteiger partial charge in [0.1, 0.15) is 6.17 Å². The topological polar surface area (TPSA) is 75.5 Å². The Kier molecular flexibility index (Phi) is 6.87. The Morgan fingerprint density at radius 3 is 2.14 bits per heavy atom. The number of carbonyl (C=O) groups is 1. The number of hydrogen-bond acceptors (Lipinski definition) is 4. The maximum atomic E-state index is 12.2. The van der Waals surface area contributed by atoms with Crippen LogP contribution >= 0.6 is 34.8 Å². The average Bonchev–Trinajstić information content (AvgIpc) is 2.46. The minimum atomic E-state index is -1.71. The van der Waals surface area contributed by atoms with Gasteiger partial charge in [-0.15, -0.1) is 0 Å². The molecule has 0 spiro atoms. The first-order valence-corrected chi connectivity index (χ1v) is 7.70. The van der Waals surface area contributed by atoms with E-state index in [1.807, 2.05) is 13.8 Å². The van der Waals surface area contributed by atoms with Gasteiger partial charge in [-0.3, -0.25) is 19.8 Å². The Labute approximate surface area is 143 Å². The van der Waals surface area contributed by atoms with Crippen molar-refractivity contribution in [3.8, 4) is 0 Å². The third-order valence-electron chi connectivity index (χ3n) is 3.10. The normalized spacial score (nSPS) is 13.0. The Morgan fingerprint density at radius 1 is 1.27 bits per heavy atom. The van der Waals surface area contributed by atoms with Crippen molar-refractivity contribution < 1.29 is 9.72 Å². The first kappa shape index (κ1) is 19.0. The Balaban J connectivity index is 2.93. The average molecular weight is 369 g/mol. The molecule has 0 saturated carbocycles. The van der Waals surface area contributed by atoms with Crippen LogP contribution in [-0.4, -0.2) is 38.8 Å². The standard InChI is InChI=1S/C13H16Cl3N3O3/c1-3-18(4-2)12(13(14,15)16)17-11(20)9-5-7-10(8-6-9)19(21)22/h5-8,12H,3-4H2,1-2H3,(H,17,20)/t12-/m1/s1. The molecule has 0 aliphatic rings. The predicted molar refractivity (Wildman–Crippen MR) is 87.6 cm³/mol. The Bertz CT molecular complexity index is 528. The summed E-state index contributed by atoms with van der Waals surface area (Å²) in [5, 5.41) is 13.2. The van der Waals surface area contributed by atoms with E-state index >= 15 is 0 Å². The van der Waals surface area contributed by atoms with Crippen LogP contribution in [0.4, 0.5) is 5.69 Å². The lowest BCUT2D eigenvalue weighted by Gasteiger charge is -2.34. The summed E-state index contributed by atoms with van der Waals surface area (Å²) in [6.07, 6.45) is -0.810. The van der Waals surface area contributed by atoms with Crippen molar-refractivity contribution in [2.24, 2.45) is 0 Å². The molecule has 0 aromatic heterocycles. The SMILES string of the molecule is CCN(CC)[C@@H](NC(=O)c1ccc([N+](=O)[O-])cc1)C(Cl)(Cl)Cl. The van der Waals surface area contributed by atoms with Gasteiger partial charge < -0.3 is 5.32 Å². The van der Waals surface area contributed by atoms with E-state index in [2.05, 4.69) is 5.32 Å². The fraction of sp³-hybridized carbons (Fsp3) is 0.462. The van der Waals surface area contributed by atoms with E-state index in [9.17, 15) is 14.9 Å². The van der Waals surface area contributed by atoms with Crippen LogP contribution in [0.1, 0.15) is 24.2 Å². The molecular formula is C13H16Cl3N3O3. The summed E-state index contributed by atoms with van der Waals surface area (Å²) in [6, 6.07) is 5.20. The smallest absolute Gasteiger partial charge is 0.269 e. The van der Waals surface area contributed by atoms with Crippen molar-refractivity contribution >= 4 is 46.4 Å². The molecule has 0 heterocycles. The molecule has 9 heteroatoms. The summed E-state index contributed by atoms with van der Waals surface area (Å²) >= 11 is 17.8. The van der Waals surface area contributed by atoms with E-state index in [1.54, 1.807) is 4.90 Å². The highest BCUT2D eigenvalue weighted by Crippen LogP contribution is 2.32. The number of nitrogens with zero attached hydrogens (tertiary/aromatic N) is 2. The molecule has 22 heavy (non-hydrogen) atoms. The van der Waals surface area contributed by atoms with Crippen LogP contribution in [0.15, 0.2) is 24.3 Å². The number of nitrogens with one attached hydrogen (secondary N) is 1. The molecule has 0 bridgehead atoms. The lowest BCUT2D eigenvalue weighted by atomic mass is 10.2. The summed E-state index contributed by atoms with van der Waals surface area (Å²) in [7, 11) is 0. The highest BCUT2D eigenvalue weighted by molar-refractivity contribution is 6.68. The summed E-state index contributed by atoms with van der Waals surface area (Å²) in [6.45, 7) is 4.92. The quantitative estimate of drug-likeness (QED) is 0.361. The molecule has 0 saturated heterocycles. The molecule has 0 aliphatic heterocycles. The Morgan fingerprint density at radius 2 is 1.77 bits per heavy atom. The zero-order chi connectivity index (χ0) is 16.9. The van der Waals surface area contributed by atoms with Crippen LogP contribution in [0, 0.1) is 10.1 Å². The number of halogens is 3. The van der Waals surface area contributed by atoms with E-state index in [0.717, 1.165) is 0 Å². The van der Waals surface area contributed by atoms with Crippen LogP contribution in [0.5, 0.6) is 0 Å². The molecule has 1 N–H and O–H groups in total. The summed E-state index contributed by atoms with van der Waals surface area (Å²) in [4.78, 5) is 24.1. The zero-order valence-corrected chi connectivity index (χ0v) is 14.3. The number of alkyl halides is 3. The van der Waals surface area contributed by atoms with Gasteiger partial charge in [0.15, 0.2) is 0 Å². The van der Waals surface area contributed by atoms with Crippen molar-refractivity contribution in [1.82, 2.24) is 10.2 Å². The number of nitro benzene ring substituents is 1. The maximum absolute atomic E-state index is 12.2. The van der Waals surface area contributed by atoms with Crippen molar-refractivity contribution in [1.29, 1.82) is 0 Å². The van der Waals surface area contributed by atoms with Crippen LogP contribution in [-0.2, 0) is 0 Å². The van der Waals surface area contributed by atoms with Gasteiger partial charge in [0.05, 0.1) is 4.92 Å². The molecule has 6 nitrogen and oxygen atoms in total. The molecule has 0 fully saturated rings. The van der Waals surface area contributed by atoms with Crippen molar-refractivity contribution in [3.05, 3.63) is 39.9 Å². The van der Waals surface area contributed by atoms with Crippen molar-refractivity contribution in [3.63, 3.8) is 0 Å². The fourth-order valence-electron chi connectivity index (χ4n) is 1.91. The number of nitro groups is 1. The van der Waals surface area contributed by atoms with Crippen molar-refractivity contribution in [2.45, 2.75) is 23.8 Å². The van der Waals surface area contributed by atoms with E-state index in [1.165, 1.54) is 24.3 Å². The first-order valence-electron chi connectivity index (χ1n) is 6.56.